The second-order valence-electron chi connectivity index (χ2n) is 7.71. The maximum Gasteiger partial charge on any atom is 0.223 e. The smallest absolute Gasteiger partial charge is 0.223 e. The first-order valence-electron chi connectivity index (χ1n) is 10.2. The number of amides is 1. The summed E-state index contributed by atoms with van der Waals surface area (Å²) in [6.45, 7) is 8.37. The molecular formula is C21H28N6O2. The van der Waals surface area contributed by atoms with E-state index in [0.29, 0.717) is 13.0 Å². The van der Waals surface area contributed by atoms with Crippen molar-refractivity contribution in [3.8, 4) is 11.4 Å². The lowest BCUT2D eigenvalue weighted by molar-refractivity contribution is -0.132. The number of rotatable bonds is 6. The molecular weight excluding hydrogens is 368 g/mol. The van der Waals surface area contributed by atoms with Gasteiger partial charge in [0, 0.05) is 56.5 Å². The number of carbonyl (C=O) groups is 1. The van der Waals surface area contributed by atoms with E-state index in [2.05, 4.69) is 28.6 Å². The van der Waals surface area contributed by atoms with E-state index >= 15 is 0 Å². The quantitative estimate of drug-likeness (QED) is 0.640. The van der Waals surface area contributed by atoms with E-state index < -0.39 is 0 Å². The predicted octanol–water partition coefficient (Wildman–Crippen LogP) is 2.82. The highest BCUT2D eigenvalue weighted by Gasteiger charge is 2.28. The number of aromatic nitrogens is 5. The van der Waals surface area contributed by atoms with Gasteiger partial charge >= 0.3 is 0 Å². The summed E-state index contributed by atoms with van der Waals surface area (Å²) >= 11 is 0. The lowest BCUT2D eigenvalue weighted by atomic mass is 10.0. The van der Waals surface area contributed by atoms with Gasteiger partial charge in [0.25, 0.3) is 0 Å². The molecule has 0 unspecified atom stereocenters. The average molecular weight is 396 g/mol. The molecule has 3 aromatic rings. The molecule has 0 saturated carbocycles. The van der Waals surface area contributed by atoms with Crippen LogP contribution in [0.3, 0.4) is 0 Å². The van der Waals surface area contributed by atoms with Crippen LogP contribution in [0.15, 0.2) is 17.1 Å². The zero-order chi connectivity index (χ0) is 20.5. The Morgan fingerprint density at radius 1 is 1.28 bits per heavy atom. The molecule has 8 heteroatoms. The van der Waals surface area contributed by atoms with Gasteiger partial charge in [-0.05, 0) is 32.3 Å². The molecule has 1 amide bonds. The minimum Gasteiger partial charge on any atom is -0.451 e. The van der Waals surface area contributed by atoms with Gasteiger partial charge in [0.05, 0.1) is 5.69 Å². The molecule has 4 rings (SSSR count). The van der Waals surface area contributed by atoms with Crippen LogP contribution in [0, 0.1) is 13.8 Å². The fraction of sp³-hybridized carbons (Fsp3) is 0.524. The van der Waals surface area contributed by atoms with E-state index in [4.69, 9.17) is 9.52 Å². The molecule has 8 nitrogen and oxygen atoms in total. The summed E-state index contributed by atoms with van der Waals surface area (Å²) in [5.41, 5.74) is 7.19. The van der Waals surface area contributed by atoms with Crippen molar-refractivity contribution in [2.45, 2.75) is 59.5 Å². The van der Waals surface area contributed by atoms with Gasteiger partial charge in [-0.2, -0.15) is 10.2 Å². The zero-order valence-electron chi connectivity index (χ0n) is 17.6. The Balaban J connectivity index is 1.52. The first kappa shape index (κ1) is 19.4. The van der Waals surface area contributed by atoms with Crippen LogP contribution in [0.4, 0.5) is 0 Å². The molecule has 0 radical (unpaired) electrons. The first-order chi connectivity index (χ1) is 14.0. The third-order valence-corrected chi connectivity index (χ3v) is 5.84. The van der Waals surface area contributed by atoms with Crippen molar-refractivity contribution in [2.24, 2.45) is 7.05 Å². The van der Waals surface area contributed by atoms with Crippen LogP contribution in [-0.2, 0) is 37.8 Å². The number of nitrogens with zero attached hydrogens (tertiary/aromatic N) is 6. The molecule has 1 aliphatic rings. The predicted molar refractivity (Wildman–Crippen MR) is 108 cm³/mol. The summed E-state index contributed by atoms with van der Waals surface area (Å²) in [7, 11) is 1.94. The monoisotopic (exact) mass is 396 g/mol. The lowest BCUT2D eigenvalue weighted by Crippen LogP contribution is -2.36. The fourth-order valence-corrected chi connectivity index (χ4v) is 4.21. The Kier molecular flexibility index (Phi) is 5.25. The van der Waals surface area contributed by atoms with Gasteiger partial charge in [0.2, 0.25) is 5.91 Å². The molecule has 0 spiro atoms. The zero-order valence-corrected chi connectivity index (χ0v) is 17.6. The van der Waals surface area contributed by atoms with Crippen LogP contribution in [-0.4, -0.2) is 41.9 Å². The van der Waals surface area contributed by atoms with Crippen molar-refractivity contribution in [1.29, 1.82) is 0 Å². The molecule has 0 saturated heterocycles. The highest BCUT2D eigenvalue weighted by atomic mass is 16.3. The van der Waals surface area contributed by atoms with Crippen molar-refractivity contribution in [2.75, 3.05) is 6.54 Å². The van der Waals surface area contributed by atoms with Crippen LogP contribution in [0.25, 0.3) is 11.4 Å². The van der Waals surface area contributed by atoms with Gasteiger partial charge in [-0.1, -0.05) is 6.92 Å². The largest absolute Gasteiger partial charge is 0.451 e. The van der Waals surface area contributed by atoms with Gasteiger partial charge in [0.15, 0.2) is 6.39 Å². The Morgan fingerprint density at radius 2 is 2.10 bits per heavy atom. The highest BCUT2D eigenvalue weighted by molar-refractivity contribution is 5.77. The number of hydrogen-bond donors (Lipinski definition) is 0. The van der Waals surface area contributed by atoms with Crippen LogP contribution in [0.5, 0.6) is 0 Å². The second kappa shape index (κ2) is 7.85. The Labute approximate surface area is 170 Å². The Hall–Kier alpha value is -2.90. The van der Waals surface area contributed by atoms with Crippen LogP contribution in [0.2, 0.25) is 0 Å². The van der Waals surface area contributed by atoms with Crippen LogP contribution >= 0.6 is 0 Å². The number of fused-ring (bicyclic) bond motifs is 1. The van der Waals surface area contributed by atoms with E-state index in [1.54, 1.807) is 6.26 Å². The van der Waals surface area contributed by atoms with E-state index in [1.807, 2.05) is 23.6 Å². The van der Waals surface area contributed by atoms with E-state index in [-0.39, 0.29) is 5.91 Å². The summed E-state index contributed by atoms with van der Waals surface area (Å²) in [5, 5.41) is 9.24. The maximum absolute atomic E-state index is 13.0. The van der Waals surface area contributed by atoms with Crippen molar-refractivity contribution in [3.05, 3.63) is 40.9 Å². The number of oxazole rings is 1. The van der Waals surface area contributed by atoms with Gasteiger partial charge < -0.3 is 9.32 Å². The summed E-state index contributed by atoms with van der Waals surface area (Å²) in [6, 6.07) is 0. The minimum atomic E-state index is 0.174. The molecule has 0 aliphatic carbocycles. The molecule has 0 aromatic carbocycles. The lowest BCUT2D eigenvalue weighted by Gasteiger charge is -2.28. The Morgan fingerprint density at radius 3 is 2.76 bits per heavy atom. The normalized spacial score (nSPS) is 13.7. The topological polar surface area (TPSA) is 82.0 Å². The van der Waals surface area contributed by atoms with Gasteiger partial charge in [-0.3, -0.25) is 14.2 Å². The molecule has 0 bridgehead atoms. The van der Waals surface area contributed by atoms with Crippen LogP contribution in [0.1, 0.15) is 48.0 Å². The first-order valence-corrected chi connectivity index (χ1v) is 10.2. The molecule has 3 aromatic heterocycles. The summed E-state index contributed by atoms with van der Waals surface area (Å²) in [4.78, 5) is 19.2. The van der Waals surface area contributed by atoms with Crippen LogP contribution < -0.4 is 0 Å². The molecule has 0 atom stereocenters. The van der Waals surface area contributed by atoms with Crippen molar-refractivity contribution in [3.63, 3.8) is 0 Å². The van der Waals surface area contributed by atoms with E-state index in [0.717, 1.165) is 60.7 Å². The number of hydrogen-bond acceptors (Lipinski definition) is 5. The number of aryl methyl sites for hydroxylation is 3. The van der Waals surface area contributed by atoms with Gasteiger partial charge in [-0.15, -0.1) is 0 Å². The van der Waals surface area contributed by atoms with Crippen molar-refractivity contribution >= 4 is 5.91 Å². The number of carbonyl (C=O) groups excluding carboxylic acids is 1. The summed E-state index contributed by atoms with van der Waals surface area (Å²) in [6.07, 6.45) is 6.08. The van der Waals surface area contributed by atoms with Crippen molar-refractivity contribution in [1.82, 2.24) is 29.4 Å². The third kappa shape index (κ3) is 3.59. The molecule has 29 heavy (non-hydrogen) atoms. The van der Waals surface area contributed by atoms with E-state index in [1.165, 1.54) is 17.7 Å². The summed E-state index contributed by atoms with van der Waals surface area (Å²) in [5.74, 6) is 0.174. The Bertz CT molecular complexity index is 1010. The average Bonchev–Trinajstić information content (AvgIpc) is 3.40. The standard InChI is InChI=1S/C21H28N6O2/c1-5-9-27-19-8-10-26(11-17(19)21(24-27)18-12-29-13-22-18)20(28)7-6-16-14(2)23-25(4)15(16)3/h12-13H,5-11H2,1-4H3. The summed E-state index contributed by atoms with van der Waals surface area (Å²) < 4.78 is 9.12. The second-order valence-corrected chi connectivity index (χ2v) is 7.71. The maximum atomic E-state index is 13.0. The highest BCUT2D eigenvalue weighted by Crippen LogP contribution is 2.30. The minimum absolute atomic E-state index is 0.174. The molecule has 4 heterocycles. The SMILES string of the molecule is CCCn1nc(-c2cocn2)c2c1CCN(C(=O)CCc1c(C)nn(C)c1C)C2. The van der Waals surface area contributed by atoms with Gasteiger partial charge in [-0.25, -0.2) is 4.98 Å². The molecule has 1 aliphatic heterocycles. The van der Waals surface area contributed by atoms with Gasteiger partial charge in [0.1, 0.15) is 17.7 Å². The van der Waals surface area contributed by atoms with Crippen molar-refractivity contribution < 1.29 is 9.21 Å². The molecule has 154 valence electrons. The molecule has 0 N–H and O–H groups in total. The molecule has 0 fully saturated rings. The fourth-order valence-electron chi connectivity index (χ4n) is 4.21. The third-order valence-electron chi connectivity index (χ3n) is 5.84. The van der Waals surface area contributed by atoms with E-state index in [9.17, 15) is 4.79 Å².